The molecule has 1 fully saturated rings. The molecule has 4 rings (SSSR count). The number of rotatable bonds is 5. The lowest BCUT2D eigenvalue weighted by molar-refractivity contribution is -0.126. The summed E-state index contributed by atoms with van der Waals surface area (Å²) in [5.74, 6) is 2.50. The maximum atomic E-state index is 13.2. The number of aromatic nitrogens is 2. The number of nitrogens with zero attached hydrogens (tertiary/aromatic N) is 2. The number of hydrogen-bond donors (Lipinski definition) is 1. The molecular weight excluding hydrogens is 370 g/mol. The smallest absolute Gasteiger partial charge is 0.275 e. The van der Waals surface area contributed by atoms with E-state index < -0.39 is 5.41 Å². The first-order chi connectivity index (χ1) is 13.7. The summed E-state index contributed by atoms with van der Waals surface area (Å²) in [5, 5.41) is 10.8. The Morgan fingerprint density at radius 3 is 2.64 bits per heavy atom. The molecule has 0 saturated heterocycles. The Morgan fingerprint density at radius 1 is 1.21 bits per heavy atom. The number of fused-ring (bicyclic) bond motifs is 1. The van der Waals surface area contributed by atoms with Gasteiger partial charge in [-0.1, -0.05) is 43.0 Å². The van der Waals surface area contributed by atoms with Crippen molar-refractivity contribution < 1.29 is 4.79 Å². The summed E-state index contributed by atoms with van der Waals surface area (Å²) in [6.45, 7) is 0.362. The van der Waals surface area contributed by atoms with Crippen LogP contribution in [0.25, 0.3) is 10.8 Å². The summed E-state index contributed by atoms with van der Waals surface area (Å²) in [6.07, 6.45) is 9.22. The highest BCUT2D eigenvalue weighted by Gasteiger charge is 2.43. The third-order valence-electron chi connectivity index (χ3n) is 5.49. The first kappa shape index (κ1) is 18.5. The molecule has 0 atom stereocenters. The summed E-state index contributed by atoms with van der Waals surface area (Å²) in [7, 11) is 0. The Hall–Kier alpha value is -2.91. The fraction of sp³-hybridized carbons (Fsp3) is 0.318. The molecule has 0 aliphatic heterocycles. The number of hydrogen-bond acceptors (Lipinski definition) is 4. The van der Waals surface area contributed by atoms with E-state index in [2.05, 4.69) is 22.4 Å². The minimum absolute atomic E-state index is 0.0352. The molecule has 1 aliphatic carbocycles. The summed E-state index contributed by atoms with van der Waals surface area (Å²) >= 11 is 1.64. The van der Waals surface area contributed by atoms with Gasteiger partial charge in [-0.05, 0) is 30.4 Å². The van der Waals surface area contributed by atoms with Crippen molar-refractivity contribution in [1.82, 2.24) is 15.1 Å². The Kier molecular flexibility index (Phi) is 5.01. The van der Waals surface area contributed by atoms with Gasteiger partial charge in [0.05, 0.1) is 23.0 Å². The predicted octanol–water partition coefficient (Wildman–Crippen LogP) is 3.22. The molecule has 5 nitrogen and oxygen atoms in total. The van der Waals surface area contributed by atoms with Gasteiger partial charge in [-0.25, -0.2) is 4.68 Å². The van der Waals surface area contributed by atoms with Gasteiger partial charge in [-0.3, -0.25) is 9.59 Å². The molecular formula is C22H21N3O2S. The van der Waals surface area contributed by atoms with Crippen LogP contribution in [0, 0.1) is 12.3 Å². The minimum atomic E-state index is -0.447. The highest BCUT2D eigenvalue weighted by atomic mass is 32.1. The molecule has 1 amide bonds. The number of carbonyl (C=O) groups is 1. The van der Waals surface area contributed by atoms with Gasteiger partial charge in [0.15, 0.2) is 0 Å². The second kappa shape index (κ2) is 7.61. The van der Waals surface area contributed by atoms with E-state index in [9.17, 15) is 9.59 Å². The van der Waals surface area contributed by atoms with Gasteiger partial charge < -0.3 is 5.32 Å². The van der Waals surface area contributed by atoms with Crippen LogP contribution in [0.15, 0.2) is 46.6 Å². The molecule has 28 heavy (non-hydrogen) atoms. The van der Waals surface area contributed by atoms with Crippen LogP contribution in [0.5, 0.6) is 0 Å². The average Bonchev–Trinajstić information content (AvgIpc) is 3.41. The minimum Gasteiger partial charge on any atom is -0.350 e. The summed E-state index contributed by atoms with van der Waals surface area (Å²) in [5.41, 5.74) is -0.00960. The lowest BCUT2D eigenvalue weighted by Gasteiger charge is -2.26. The molecule has 0 radical (unpaired) electrons. The van der Waals surface area contributed by atoms with E-state index in [0.717, 1.165) is 35.9 Å². The maximum absolute atomic E-state index is 13.2. The fourth-order valence-corrected chi connectivity index (χ4v) is 5.06. The molecule has 1 aliphatic rings. The Morgan fingerprint density at radius 2 is 1.96 bits per heavy atom. The van der Waals surface area contributed by atoms with E-state index in [1.807, 2.05) is 29.6 Å². The van der Waals surface area contributed by atoms with Gasteiger partial charge in [0.1, 0.15) is 6.54 Å². The van der Waals surface area contributed by atoms with Crippen LogP contribution in [-0.4, -0.2) is 15.7 Å². The molecule has 0 spiro atoms. The van der Waals surface area contributed by atoms with Crippen LogP contribution in [0.3, 0.4) is 0 Å². The van der Waals surface area contributed by atoms with Gasteiger partial charge in [0.25, 0.3) is 5.56 Å². The van der Waals surface area contributed by atoms with E-state index in [-0.39, 0.29) is 24.6 Å². The number of amides is 1. The molecule has 1 N–H and O–H groups in total. The lowest BCUT2D eigenvalue weighted by atomic mass is 9.83. The van der Waals surface area contributed by atoms with Gasteiger partial charge in [-0.2, -0.15) is 5.10 Å². The quantitative estimate of drug-likeness (QED) is 0.679. The van der Waals surface area contributed by atoms with E-state index in [1.165, 1.54) is 4.68 Å². The largest absolute Gasteiger partial charge is 0.350 e. The molecule has 2 heterocycles. The molecule has 1 aromatic carbocycles. The molecule has 2 aromatic heterocycles. The number of benzene rings is 1. The first-order valence-corrected chi connectivity index (χ1v) is 10.3. The van der Waals surface area contributed by atoms with Gasteiger partial charge >= 0.3 is 0 Å². The fourth-order valence-electron chi connectivity index (χ4n) is 4.08. The molecule has 1 saturated carbocycles. The van der Waals surface area contributed by atoms with Gasteiger partial charge in [0.2, 0.25) is 5.91 Å². The SMILES string of the molecule is C#CCn1nc(CNC(=O)C2(c3cccs3)CCCC2)c2ccccc2c1=O. The molecule has 6 heteroatoms. The van der Waals surface area contributed by atoms with Gasteiger partial charge in [-0.15, -0.1) is 17.8 Å². The normalized spacial score (nSPS) is 15.4. The summed E-state index contributed by atoms with van der Waals surface area (Å²) in [4.78, 5) is 26.9. The van der Waals surface area contributed by atoms with Crippen molar-refractivity contribution in [1.29, 1.82) is 0 Å². The van der Waals surface area contributed by atoms with Crippen LogP contribution in [0.1, 0.15) is 36.3 Å². The van der Waals surface area contributed by atoms with E-state index in [0.29, 0.717) is 11.1 Å². The van der Waals surface area contributed by atoms with Gasteiger partial charge in [0, 0.05) is 10.3 Å². The Bertz CT molecular complexity index is 1100. The van der Waals surface area contributed by atoms with Crippen LogP contribution < -0.4 is 10.9 Å². The highest BCUT2D eigenvalue weighted by molar-refractivity contribution is 7.10. The van der Waals surface area contributed by atoms with Crippen molar-refractivity contribution in [2.75, 3.05) is 0 Å². The van der Waals surface area contributed by atoms with Crippen molar-refractivity contribution in [2.24, 2.45) is 0 Å². The number of terminal acetylenes is 1. The van der Waals surface area contributed by atoms with Crippen molar-refractivity contribution in [3.63, 3.8) is 0 Å². The van der Waals surface area contributed by atoms with Crippen LogP contribution >= 0.6 is 11.3 Å². The van der Waals surface area contributed by atoms with Crippen molar-refractivity contribution in [3.05, 3.63) is 62.7 Å². The topological polar surface area (TPSA) is 64.0 Å². The standard InChI is InChI=1S/C22H21N3O2S/c1-2-13-25-20(26)17-9-4-3-8-16(17)18(24-25)15-23-21(27)22(11-5-6-12-22)19-10-7-14-28-19/h1,3-4,7-10,14H,5-6,11-13,15H2,(H,23,27). The van der Waals surface area contributed by atoms with Crippen molar-refractivity contribution >= 4 is 28.0 Å². The average molecular weight is 391 g/mol. The van der Waals surface area contributed by atoms with Crippen LogP contribution in [0.4, 0.5) is 0 Å². The summed E-state index contributed by atoms with van der Waals surface area (Å²) in [6, 6.07) is 11.4. The summed E-state index contributed by atoms with van der Waals surface area (Å²) < 4.78 is 1.29. The van der Waals surface area contributed by atoms with E-state index in [1.54, 1.807) is 17.4 Å². The zero-order chi connectivity index (χ0) is 19.6. The molecule has 142 valence electrons. The first-order valence-electron chi connectivity index (χ1n) is 9.40. The maximum Gasteiger partial charge on any atom is 0.275 e. The second-order valence-corrected chi connectivity index (χ2v) is 8.06. The Balaban J connectivity index is 1.65. The third-order valence-corrected chi connectivity index (χ3v) is 6.56. The number of thiophene rings is 1. The highest BCUT2D eigenvalue weighted by Crippen LogP contribution is 2.43. The zero-order valence-electron chi connectivity index (χ0n) is 15.5. The molecule has 0 bridgehead atoms. The van der Waals surface area contributed by atoms with Crippen LogP contribution in [0.2, 0.25) is 0 Å². The number of carbonyl (C=O) groups excluding carboxylic acids is 1. The predicted molar refractivity (Wildman–Crippen MR) is 111 cm³/mol. The Labute approximate surface area is 167 Å². The van der Waals surface area contributed by atoms with E-state index >= 15 is 0 Å². The molecule has 0 unspecified atom stereocenters. The second-order valence-electron chi connectivity index (χ2n) is 7.11. The molecule has 3 aromatic rings. The van der Waals surface area contributed by atoms with Crippen LogP contribution in [-0.2, 0) is 23.3 Å². The third kappa shape index (κ3) is 3.12. The number of nitrogens with one attached hydrogen (secondary N) is 1. The van der Waals surface area contributed by atoms with Crippen molar-refractivity contribution in [3.8, 4) is 12.3 Å². The monoisotopic (exact) mass is 391 g/mol. The van der Waals surface area contributed by atoms with Crippen molar-refractivity contribution in [2.45, 2.75) is 44.2 Å². The van der Waals surface area contributed by atoms with E-state index in [4.69, 9.17) is 6.42 Å². The zero-order valence-corrected chi connectivity index (χ0v) is 16.3. The lowest BCUT2D eigenvalue weighted by Crippen LogP contribution is -2.42.